The number of amides is 2. The van der Waals surface area contributed by atoms with Crippen LogP contribution >= 0.6 is 0 Å². The Labute approximate surface area is 188 Å². The van der Waals surface area contributed by atoms with Gasteiger partial charge < -0.3 is 10.2 Å². The molecule has 0 radical (unpaired) electrons. The normalized spacial score (nSPS) is 14.9. The second-order valence-corrected chi connectivity index (χ2v) is 9.86. The van der Waals surface area contributed by atoms with Crippen LogP contribution in [0.5, 0.6) is 0 Å². The Morgan fingerprint density at radius 1 is 0.969 bits per heavy atom. The van der Waals surface area contributed by atoms with Gasteiger partial charge in [0.05, 0.1) is 4.90 Å². The van der Waals surface area contributed by atoms with Crippen LogP contribution in [0.4, 0.5) is 4.39 Å². The number of carbonyl (C=O) groups is 2. The lowest BCUT2D eigenvalue weighted by Crippen LogP contribution is -2.50. The Kier molecular flexibility index (Phi) is 7.63. The summed E-state index contributed by atoms with van der Waals surface area (Å²) in [6.07, 6.45) is 0.0972. The van der Waals surface area contributed by atoms with Gasteiger partial charge in [0.2, 0.25) is 21.8 Å². The van der Waals surface area contributed by atoms with Crippen LogP contribution in [0.25, 0.3) is 0 Å². The van der Waals surface area contributed by atoms with Gasteiger partial charge in [0.25, 0.3) is 0 Å². The lowest BCUT2D eigenvalue weighted by molar-refractivity contribution is -0.134. The van der Waals surface area contributed by atoms with E-state index in [-0.39, 0.29) is 50.1 Å². The van der Waals surface area contributed by atoms with Crippen LogP contribution in [0.15, 0.2) is 47.4 Å². The number of hydrogen-bond acceptors (Lipinski definition) is 4. The molecule has 1 N–H and O–H groups in total. The summed E-state index contributed by atoms with van der Waals surface area (Å²) in [7, 11) is -3.62. The SMILES string of the molecule is Cc1ccc(C)c(S(=O)(=O)N2CCN(C(=O)CCC(=O)NCc3ccc(F)cc3)CC2)c1. The van der Waals surface area contributed by atoms with Gasteiger partial charge in [-0.25, -0.2) is 12.8 Å². The molecular formula is C23H28FN3O4S. The first-order chi connectivity index (χ1) is 15.2. The summed E-state index contributed by atoms with van der Waals surface area (Å²) >= 11 is 0. The molecule has 2 amide bonds. The van der Waals surface area contributed by atoms with Crippen molar-refractivity contribution in [1.82, 2.24) is 14.5 Å². The summed E-state index contributed by atoms with van der Waals surface area (Å²) in [6.45, 7) is 4.91. The highest BCUT2D eigenvalue weighted by molar-refractivity contribution is 7.89. The van der Waals surface area contributed by atoms with E-state index in [2.05, 4.69) is 5.32 Å². The Morgan fingerprint density at radius 2 is 1.62 bits per heavy atom. The van der Waals surface area contributed by atoms with Crippen molar-refractivity contribution < 1.29 is 22.4 Å². The quantitative estimate of drug-likeness (QED) is 0.686. The van der Waals surface area contributed by atoms with E-state index in [1.54, 1.807) is 36.1 Å². The molecule has 2 aromatic carbocycles. The van der Waals surface area contributed by atoms with Gasteiger partial charge >= 0.3 is 0 Å². The van der Waals surface area contributed by atoms with Crippen LogP contribution in [0.1, 0.15) is 29.5 Å². The van der Waals surface area contributed by atoms with Crippen LogP contribution in [0.2, 0.25) is 0 Å². The lowest BCUT2D eigenvalue weighted by atomic mass is 10.2. The Bertz CT molecular complexity index is 1080. The number of piperazine rings is 1. The molecule has 0 saturated carbocycles. The molecule has 0 bridgehead atoms. The van der Waals surface area contributed by atoms with Crippen molar-refractivity contribution in [3.63, 3.8) is 0 Å². The number of carbonyl (C=O) groups excluding carboxylic acids is 2. The Morgan fingerprint density at radius 3 is 2.28 bits per heavy atom. The maximum absolute atomic E-state index is 13.0. The minimum absolute atomic E-state index is 0.0427. The van der Waals surface area contributed by atoms with Crippen LogP contribution in [0.3, 0.4) is 0 Å². The van der Waals surface area contributed by atoms with E-state index in [0.29, 0.717) is 23.5 Å². The molecule has 2 aromatic rings. The second kappa shape index (κ2) is 10.2. The molecule has 1 heterocycles. The average Bonchev–Trinajstić information content (AvgIpc) is 2.78. The van der Waals surface area contributed by atoms with E-state index in [1.807, 2.05) is 13.0 Å². The standard InChI is InChI=1S/C23H28FN3O4S/c1-17-3-4-18(2)21(15-17)32(30,31)27-13-11-26(12-14-27)23(29)10-9-22(28)25-16-19-5-7-20(24)8-6-19/h3-8,15H,9-14,16H2,1-2H3,(H,25,28). The first kappa shape index (κ1) is 23.9. The van der Waals surface area contributed by atoms with Crippen LogP contribution in [0, 0.1) is 19.7 Å². The van der Waals surface area contributed by atoms with Gasteiger partial charge in [0.15, 0.2) is 0 Å². The predicted molar refractivity (Wildman–Crippen MR) is 119 cm³/mol. The fourth-order valence-electron chi connectivity index (χ4n) is 3.57. The number of sulfonamides is 1. The van der Waals surface area contributed by atoms with Gasteiger partial charge in [-0.15, -0.1) is 0 Å². The maximum atomic E-state index is 13.0. The van der Waals surface area contributed by atoms with Crippen molar-refractivity contribution in [2.24, 2.45) is 0 Å². The highest BCUT2D eigenvalue weighted by Gasteiger charge is 2.31. The third-order valence-electron chi connectivity index (χ3n) is 5.52. The minimum Gasteiger partial charge on any atom is -0.352 e. The number of halogens is 1. The zero-order valence-electron chi connectivity index (χ0n) is 18.3. The van der Waals surface area contributed by atoms with Gasteiger partial charge in [-0.05, 0) is 48.7 Å². The first-order valence-electron chi connectivity index (χ1n) is 10.5. The van der Waals surface area contributed by atoms with Crippen molar-refractivity contribution in [2.45, 2.75) is 38.1 Å². The number of benzene rings is 2. The molecule has 3 rings (SSSR count). The summed E-state index contributed by atoms with van der Waals surface area (Å²) in [4.78, 5) is 26.4. The number of rotatable bonds is 7. The van der Waals surface area contributed by atoms with Gasteiger partial charge in [0, 0.05) is 45.6 Å². The molecule has 7 nitrogen and oxygen atoms in total. The van der Waals surface area contributed by atoms with E-state index in [0.717, 1.165) is 11.1 Å². The van der Waals surface area contributed by atoms with Gasteiger partial charge in [-0.1, -0.05) is 24.3 Å². The van der Waals surface area contributed by atoms with Crippen molar-refractivity contribution in [3.8, 4) is 0 Å². The zero-order chi connectivity index (χ0) is 23.3. The molecule has 0 aromatic heterocycles. The highest BCUT2D eigenvalue weighted by atomic mass is 32.2. The van der Waals surface area contributed by atoms with Gasteiger partial charge in [0.1, 0.15) is 5.82 Å². The number of nitrogens with zero attached hydrogens (tertiary/aromatic N) is 2. The summed E-state index contributed by atoms with van der Waals surface area (Å²) < 4.78 is 40.3. The van der Waals surface area contributed by atoms with Gasteiger partial charge in [-0.3, -0.25) is 9.59 Å². The lowest BCUT2D eigenvalue weighted by Gasteiger charge is -2.34. The van der Waals surface area contributed by atoms with Crippen molar-refractivity contribution in [1.29, 1.82) is 0 Å². The highest BCUT2D eigenvalue weighted by Crippen LogP contribution is 2.22. The Hall–Kier alpha value is -2.78. The molecule has 0 atom stereocenters. The summed E-state index contributed by atoms with van der Waals surface area (Å²) in [5, 5.41) is 2.71. The molecule has 0 aliphatic carbocycles. The molecular weight excluding hydrogens is 433 g/mol. The molecule has 9 heteroatoms. The fraction of sp³-hybridized carbons (Fsp3) is 0.391. The third-order valence-corrected chi connectivity index (χ3v) is 7.56. The molecule has 1 saturated heterocycles. The van der Waals surface area contributed by atoms with Crippen LogP contribution in [-0.4, -0.2) is 55.6 Å². The number of hydrogen-bond donors (Lipinski definition) is 1. The summed E-state index contributed by atoms with van der Waals surface area (Å²) in [6, 6.07) is 11.2. The van der Waals surface area contributed by atoms with Crippen molar-refractivity contribution >= 4 is 21.8 Å². The van der Waals surface area contributed by atoms with Crippen LogP contribution in [-0.2, 0) is 26.2 Å². The topological polar surface area (TPSA) is 86.8 Å². The zero-order valence-corrected chi connectivity index (χ0v) is 19.1. The largest absolute Gasteiger partial charge is 0.352 e. The van der Waals surface area contributed by atoms with E-state index < -0.39 is 10.0 Å². The molecule has 1 aliphatic heterocycles. The Balaban J connectivity index is 1.46. The molecule has 1 aliphatic rings. The average molecular weight is 462 g/mol. The first-order valence-corrected chi connectivity index (χ1v) is 12.0. The number of aryl methyl sites for hydroxylation is 2. The monoisotopic (exact) mass is 461 g/mol. The van der Waals surface area contributed by atoms with E-state index >= 15 is 0 Å². The minimum atomic E-state index is -3.62. The predicted octanol–water partition coefficient (Wildman–Crippen LogP) is 2.37. The smallest absolute Gasteiger partial charge is 0.243 e. The summed E-state index contributed by atoms with van der Waals surface area (Å²) in [5.41, 5.74) is 2.34. The number of nitrogens with one attached hydrogen (secondary N) is 1. The molecule has 1 fully saturated rings. The fourth-order valence-corrected chi connectivity index (χ4v) is 5.30. The van der Waals surface area contributed by atoms with E-state index in [9.17, 15) is 22.4 Å². The van der Waals surface area contributed by atoms with E-state index in [1.165, 1.54) is 16.4 Å². The third kappa shape index (κ3) is 5.92. The van der Waals surface area contributed by atoms with Crippen LogP contribution < -0.4 is 5.32 Å². The molecule has 32 heavy (non-hydrogen) atoms. The second-order valence-electron chi connectivity index (χ2n) is 7.96. The summed E-state index contributed by atoms with van der Waals surface area (Å²) in [5.74, 6) is -0.780. The molecule has 172 valence electrons. The maximum Gasteiger partial charge on any atom is 0.243 e. The molecule has 0 unspecified atom stereocenters. The van der Waals surface area contributed by atoms with E-state index in [4.69, 9.17) is 0 Å². The van der Waals surface area contributed by atoms with Gasteiger partial charge in [-0.2, -0.15) is 4.31 Å². The van der Waals surface area contributed by atoms with Crippen molar-refractivity contribution in [2.75, 3.05) is 26.2 Å². The molecule has 0 spiro atoms. The van der Waals surface area contributed by atoms with Crippen molar-refractivity contribution in [3.05, 3.63) is 65.0 Å².